The molecule has 0 fully saturated rings. The minimum atomic E-state index is -1.11. The quantitative estimate of drug-likeness (QED) is 0.742. The first kappa shape index (κ1) is 15.2. The van der Waals surface area contributed by atoms with Crippen molar-refractivity contribution in [1.29, 1.82) is 0 Å². The zero-order chi connectivity index (χ0) is 14.4. The Balaban J connectivity index is 2.72. The Bertz CT molecular complexity index is 456. The Labute approximate surface area is 111 Å². The number of methoxy groups -OCH3 is 1. The summed E-state index contributed by atoms with van der Waals surface area (Å²) in [5.74, 6) is -1.46. The maximum absolute atomic E-state index is 12.0. The number of ether oxygens (including phenoxy) is 1. The van der Waals surface area contributed by atoms with Crippen LogP contribution in [0.1, 0.15) is 30.0 Å². The highest BCUT2D eigenvalue weighted by Gasteiger charge is 2.19. The number of aromatic nitrogens is 2. The molecule has 1 aromatic heterocycles. The molecule has 0 radical (unpaired) electrons. The number of amides is 1. The van der Waals surface area contributed by atoms with E-state index in [4.69, 9.17) is 9.84 Å². The zero-order valence-electron chi connectivity index (χ0n) is 11.3. The first-order valence-electron chi connectivity index (χ1n) is 6.13. The van der Waals surface area contributed by atoms with Gasteiger partial charge in [0.05, 0.1) is 12.2 Å². The van der Waals surface area contributed by atoms with Crippen molar-refractivity contribution in [1.82, 2.24) is 15.1 Å². The number of carboxylic acids is 1. The number of nitrogens with one attached hydrogen (secondary N) is 1. The summed E-state index contributed by atoms with van der Waals surface area (Å²) in [6.07, 6.45) is -0.309. The second kappa shape index (κ2) is 6.89. The normalized spacial score (nSPS) is 12.2. The predicted molar refractivity (Wildman–Crippen MR) is 68.0 cm³/mol. The first-order chi connectivity index (χ1) is 9.03. The van der Waals surface area contributed by atoms with Crippen molar-refractivity contribution < 1.29 is 19.4 Å². The molecule has 1 unspecified atom stereocenters. The van der Waals surface area contributed by atoms with Gasteiger partial charge in [-0.2, -0.15) is 5.10 Å². The second-order valence-corrected chi connectivity index (χ2v) is 3.96. The van der Waals surface area contributed by atoms with Crippen LogP contribution >= 0.6 is 0 Å². The van der Waals surface area contributed by atoms with E-state index in [0.29, 0.717) is 12.2 Å². The fraction of sp³-hybridized carbons (Fsp3) is 0.583. The van der Waals surface area contributed by atoms with Gasteiger partial charge in [-0.05, 0) is 19.4 Å². The number of nitrogens with zero attached hydrogens (tertiary/aromatic N) is 2. The van der Waals surface area contributed by atoms with E-state index in [-0.39, 0.29) is 12.5 Å². The Morgan fingerprint density at radius 3 is 2.68 bits per heavy atom. The summed E-state index contributed by atoms with van der Waals surface area (Å²) in [6.45, 7) is 4.34. The molecule has 1 rings (SSSR count). The van der Waals surface area contributed by atoms with Crippen LogP contribution < -0.4 is 5.32 Å². The van der Waals surface area contributed by atoms with E-state index < -0.39 is 12.1 Å². The highest BCUT2D eigenvalue weighted by atomic mass is 16.5. The van der Waals surface area contributed by atoms with E-state index in [1.54, 1.807) is 10.7 Å². The standard InChI is InChI=1S/C12H19N3O4/c1-4-8-6-9(15(5-2)14-8)11(16)13-7-10(19-3)12(17)18/h6,10H,4-5,7H2,1-3H3,(H,13,16)(H,17,18). The Kier molecular flexibility index (Phi) is 5.50. The van der Waals surface area contributed by atoms with Crippen LogP contribution in [-0.4, -0.2) is 46.5 Å². The van der Waals surface area contributed by atoms with E-state index in [1.165, 1.54) is 7.11 Å². The number of carbonyl (C=O) groups is 2. The highest BCUT2D eigenvalue weighted by Crippen LogP contribution is 2.05. The van der Waals surface area contributed by atoms with Crippen LogP contribution in [0, 0.1) is 0 Å². The maximum atomic E-state index is 12.0. The fourth-order valence-electron chi connectivity index (χ4n) is 1.61. The van der Waals surface area contributed by atoms with E-state index in [0.717, 1.165) is 12.1 Å². The van der Waals surface area contributed by atoms with Gasteiger partial charge in [-0.25, -0.2) is 4.79 Å². The number of aliphatic carboxylic acids is 1. The van der Waals surface area contributed by atoms with E-state index in [1.807, 2.05) is 13.8 Å². The summed E-state index contributed by atoms with van der Waals surface area (Å²) >= 11 is 0. The highest BCUT2D eigenvalue weighted by molar-refractivity contribution is 5.93. The molecule has 1 aromatic rings. The lowest BCUT2D eigenvalue weighted by Gasteiger charge is -2.11. The molecule has 0 spiro atoms. The van der Waals surface area contributed by atoms with Crippen molar-refractivity contribution in [2.75, 3.05) is 13.7 Å². The van der Waals surface area contributed by atoms with Crippen LogP contribution in [0.3, 0.4) is 0 Å². The summed E-state index contributed by atoms with van der Waals surface area (Å²) in [7, 11) is 1.29. The molecule has 1 heterocycles. The van der Waals surface area contributed by atoms with Crippen LogP contribution in [0.15, 0.2) is 6.07 Å². The van der Waals surface area contributed by atoms with Gasteiger partial charge in [0.25, 0.3) is 5.91 Å². The van der Waals surface area contributed by atoms with Gasteiger partial charge < -0.3 is 15.2 Å². The minimum absolute atomic E-state index is 0.0823. The smallest absolute Gasteiger partial charge is 0.334 e. The maximum Gasteiger partial charge on any atom is 0.334 e. The van der Waals surface area contributed by atoms with Crippen molar-refractivity contribution in [2.24, 2.45) is 0 Å². The number of carbonyl (C=O) groups excluding carboxylic acids is 1. The Hall–Kier alpha value is -1.89. The molecular formula is C12H19N3O4. The van der Waals surface area contributed by atoms with Crippen LogP contribution in [0.2, 0.25) is 0 Å². The molecule has 0 aliphatic heterocycles. The number of aryl methyl sites for hydroxylation is 2. The van der Waals surface area contributed by atoms with Gasteiger partial charge in [0, 0.05) is 13.7 Å². The molecule has 0 saturated carbocycles. The van der Waals surface area contributed by atoms with Crippen LogP contribution in [0.25, 0.3) is 0 Å². The minimum Gasteiger partial charge on any atom is -0.479 e. The largest absolute Gasteiger partial charge is 0.479 e. The first-order valence-corrected chi connectivity index (χ1v) is 6.13. The molecule has 7 heteroatoms. The average molecular weight is 269 g/mol. The number of hydrogen-bond acceptors (Lipinski definition) is 4. The van der Waals surface area contributed by atoms with Crippen LogP contribution in [0.5, 0.6) is 0 Å². The lowest BCUT2D eigenvalue weighted by molar-refractivity contribution is -0.148. The molecule has 1 amide bonds. The van der Waals surface area contributed by atoms with Gasteiger partial charge in [0.1, 0.15) is 5.69 Å². The van der Waals surface area contributed by atoms with Crippen molar-refractivity contribution in [3.05, 3.63) is 17.5 Å². The summed E-state index contributed by atoms with van der Waals surface area (Å²) in [5.41, 5.74) is 1.26. The average Bonchev–Trinajstić information content (AvgIpc) is 2.82. The third kappa shape index (κ3) is 3.78. The lowest BCUT2D eigenvalue weighted by atomic mass is 10.3. The molecule has 0 bridgehead atoms. The Morgan fingerprint density at radius 2 is 2.21 bits per heavy atom. The topological polar surface area (TPSA) is 93.5 Å². The predicted octanol–water partition coefficient (Wildman–Crippen LogP) is 0.295. The van der Waals surface area contributed by atoms with Gasteiger partial charge in [-0.1, -0.05) is 6.92 Å². The van der Waals surface area contributed by atoms with E-state index >= 15 is 0 Å². The van der Waals surface area contributed by atoms with Gasteiger partial charge in [-0.15, -0.1) is 0 Å². The molecule has 0 saturated heterocycles. The number of carboxylic acid groups (broad SMARTS) is 1. The summed E-state index contributed by atoms with van der Waals surface area (Å²) < 4.78 is 6.34. The molecule has 106 valence electrons. The van der Waals surface area contributed by atoms with E-state index in [9.17, 15) is 9.59 Å². The van der Waals surface area contributed by atoms with Gasteiger partial charge in [0.15, 0.2) is 6.10 Å². The SMILES string of the molecule is CCc1cc(C(=O)NCC(OC)C(=O)O)n(CC)n1. The Morgan fingerprint density at radius 1 is 1.53 bits per heavy atom. The van der Waals surface area contributed by atoms with Crippen LogP contribution in [-0.2, 0) is 22.5 Å². The molecule has 1 atom stereocenters. The summed E-state index contributed by atoms with van der Waals surface area (Å²) in [6, 6.07) is 1.71. The monoisotopic (exact) mass is 269 g/mol. The molecule has 0 aliphatic carbocycles. The van der Waals surface area contributed by atoms with Crippen LogP contribution in [0.4, 0.5) is 0 Å². The van der Waals surface area contributed by atoms with Crippen molar-refractivity contribution >= 4 is 11.9 Å². The van der Waals surface area contributed by atoms with Crippen molar-refractivity contribution in [3.8, 4) is 0 Å². The molecule has 0 aliphatic rings. The van der Waals surface area contributed by atoms with Gasteiger partial charge >= 0.3 is 5.97 Å². The third-order valence-corrected chi connectivity index (χ3v) is 2.73. The molecular weight excluding hydrogens is 250 g/mol. The molecule has 7 nitrogen and oxygen atoms in total. The van der Waals surface area contributed by atoms with Crippen molar-refractivity contribution in [3.63, 3.8) is 0 Å². The molecule has 0 aromatic carbocycles. The molecule has 19 heavy (non-hydrogen) atoms. The summed E-state index contributed by atoms with van der Waals surface area (Å²) in [5, 5.41) is 15.6. The summed E-state index contributed by atoms with van der Waals surface area (Å²) in [4.78, 5) is 22.7. The van der Waals surface area contributed by atoms with Crippen molar-refractivity contribution in [2.45, 2.75) is 32.9 Å². The fourth-order valence-corrected chi connectivity index (χ4v) is 1.61. The lowest BCUT2D eigenvalue weighted by Crippen LogP contribution is -2.38. The van der Waals surface area contributed by atoms with Gasteiger partial charge in [0.2, 0.25) is 0 Å². The third-order valence-electron chi connectivity index (χ3n) is 2.73. The molecule has 2 N–H and O–H groups in total. The van der Waals surface area contributed by atoms with E-state index in [2.05, 4.69) is 10.4 Å². The zero-order valence-corrected chi connectivity index (χ0v) is 11.3. The second-order valence-electron chi connectivity index (χ2n) is 3.96. The van der Waals surface area contributed by atoms with Gasteiger partial charge in [-0.3, -0.25) is 9.48 Å². The number of hydrogen-bond donors (Lipinski definition) is 2. The number of rotatable bonds is 7.